The average molecular weight is 558 g/mol. The molecule has 0 bridgehead atoms. The van der Waals surface area contributed by atoms with Crippen LogP contribution in [0.25, 0.3) is 10.2 Å². The minimum atomic E-state index is -0.477. The van der Waals surface area contributed by atoms with Gasteiger partial charge in [-0.25, -0.2) is 4.98 Å². The lowest BCUT2D eigenvalue weighted by molar-refractivity contribution is -0.116. The molecular formula is C30H24ClN3O2S2. The van der Waals surface area contributed by atoms with Gasteiger partial charge in [0.25, 0.3) is 0 Å². The summed E-state index contributed by atoms with van der Waals surface area (Å²) in [6.07, 6.45) is 0.259. The SMILES string of the molecule is Cc1ccc2nc(NC(=O)C(Sc3ccc(NC(=O)Cc4ccc(Cl)cc4)cc3)c3ccccc3)sc2c1. The van der Waals surface area contributed by atoms with Crippen molar-refractivity contribution < 1.29 is 9.59 Å². The van der Waals surface area contributed by atoms with Crippen molar-refractivity contribution in [1.29, 1.82) is 0 Å². The number of hydrogen-bond donors (Lipinski definition) is 2. The summed E-state index contributed by atoms with van der Waals surface area (Å²) in [4.78, 5) is 31.4. The molecule has 1 heterocycles. The summed E-state index contributed by atoms with van der Waals surface area (Å²) in [5, 5.41) is 6.68. The number of benzene rings is 4. The van der Waals surface area contributed by atoms with Crippen LogP contribution in [0.5, 0.6) is 0 Å². The van der Waals surface area contributed by atoms with Gasteiger partial charge < -0.3 is 10.6 Å². The van der Waals surface area contributed by atoms with Crippen LogP contribution in [0.15, 0.2) is 102 Å². The molecule has 0 spiro atoms. The third-order valence-electron chi connectivity index (χ3n) is 5.78. The largest absolute Gasteiger partial charge is 0.326 e. The van der Waals surface area contributed by atoms with E-state index in [-0.39, 0.29) is 18.2 Å². The number of carbonyl (C=O) groups excluding carboxylic acids is 2. The third-order valence-corrected chi connectivity index (χ3v) is 8.24. The van der Waals surface area contributed by atoms with Crippen LogP contribution in [0.1, 0.15) is 21.9 Å². The van der Waals surface area contributed by atoms with Gasteiger partial charge in [-0.15, -0.1) is 11.8 Å². The van der Waals surface area contributed by atoms with Gasteiger partial charge in [-0.3, -0.25) is 9.59 Å². The Hall–Kier alpha value is -3.65. The first-order valence-electron chi connectivity index (χ1n) is 12.0. The summed E-state index contributed by atoms with van der Waals surface area (Å²) in [6, 6.07) is 30.5. The Morgan fingerprint density at radius 3 is 2.39 bits per heavy atom. The number of thioether (sulfide) groups is 1. The fraction of sp³-hybridized carbons (Fsp3) is 0.100. The Kier molecular flexibility index (Phi) is 8.08. The molecule has 1 aromatic heterocycles. The molecule has 4 aromatic carbocycles. The molecule has 5 nitrogen and oxygen atoms in total. The second-order valence-electron chi connectivity index (χ2n) is 8.76. The quantitative estimate of drug-likeness (QED) is 0.190. The highest BCUT2D eigenvalue weighted by molar-refractivity contribution is 8.00. The molecule has 8 heteroatoms. The molecule has 2 amide bonds. The Balaban J connectivity index is 1.28. The van der Waals surface area contributed by atoms with E-state index in [1.807, 2.05) is 85.8 Å². The molecule has 0 aliphatic rings. The lowest BCUT2D eigenvalue weighted by Gasteiger charge is -2.16. The predicted octanol–water partition coefficient (Wildman–Crippen LogP) is 7.91. The first-order valence-corrected chi connectivity index (χ1v) is 14.0. The van der Waals surface area contributed by atoms with Gasteiger partial charge in [-0.2, -0.15) is 0 Å². The molecular weight excluding hydrogens is 534 g/mol. The molecule has 190 valence electrons. The number of hydrogen-bond acceptors (Lipinski definition) is 5. The van der Waals surface area contributed by atoms with E-state index < -0.39 is 5.25 Å². The summed E-state index contributed by atoms with van der Waals surface area (Å²) in [5.41, 5.74) is 4.50. The molecule has 1 atom stereocenters. The maximum atomic E-state index is 13.4. The average Bonchev–Trinajstić information content (AvgIpc) is 3.31. The summed E-state index contributed by atoms with van der Waals surface area (Å²) < 4.78 is 1.04. The number of nitrogens with one attached hydrogen (secondary N) is 2. The normalized spacial score (nSPS) is 11.7. The Labute approximate surface area is 234 Å². The first kappa shape index (κ1) is 26.0. The van der Waals surface area contributed by atoms with E-state index >= 15 is 0 Å². The van der Waals surface area contributed by atoms with Gasteiger partial charge in [-0.1, -0.05) is 71.5 Å². The second-order valence-corrected chi connectivity index (χ2v) is 11.4. The highest BCUT2D eigenvalue weighted by Gasteiger charge is 2.23. The van der Waals surface area contributed by atoms with E-state index in [1.165, 1.54) is 23.1 Å². The highest BCUT2D eigenvalue weighted by atomic mass is 35.5. The number of amides is 2. The van der Waals surface area contributed by atoms with Crippen molar-refractivity contribution in [2.24, 2.45) is 0 Å². The van der Waals surface area contributed by atoms with Crippen LogP contribution in [0, 0.1) is 6.92 Å². The lowest BCUT2D eigenvalue weighted by Crippen LogP contribution is -2.19. The van der Waals surface area contributed by atoms with E-state index in [1.54, 1.807) is 12.1 Å². The molecule has 0 aliphatic carbocycles. The van der Waals surface area contributed by atoms with Gasteiger partial charge in [-0.05, 0) is 72.1 Å². The summed E-state index contributed by atoms with van der Waals surface area (Å²) in [5.74, 6) is -0.252. The first-order chi connectivity index (χ1) is 18.4. The number of aryl methyl sites for hydroxylation is 1. The van der Waals surface area contributed by atoms with E-state index in [0.717, 1.165) is 31.8 Å². The topological polar surface area (TPSA) is 71.1 Å². The van der Waals surface area contributed by atoms with Crippen LogP contribution < -0.4 is 10.6 Å². The van der Waals surface area contributed by atoms with Gasteiger partial charge in [0.15, 0.2) is 5.13 Å². The fourth-order valence-corrected chi connectivity index (χ4v) is 6.02. The molecule has 5 aromatic rings. The van der Waals surface area contributed by atoms with Crippen molar-refractivity contribution in [3.63, 3.8) is 0 Å². The summed E-state index contributed by atoms with van der Waals surface area (Å²) >= 11 is 8.84. The Morgan fingerprint density at radius 1 is 0.921 bits per heavy atom. The van der Waals surface area contributed by atoms with E-state index in [4.69, 9.17) is 11.6 Å². The zero-order chi connectivity index (χ0) is 26.5. The van der Waals surface area contributed by atoms with Crippen molar-refractivity contribution in [3.8, 4) is 0 Å². The van der Waals surface area contributed by atoms with Gasteiger partial charge in [0, 0.05) is 15.6 Å². The number of aromatic nitrogens is 1. The minimum Gasteiger partial charge on any atom is -0.326 e. The van der Waals surface area contributed by atoms with Crippen LogP contribution in [-0.4, -0.2) is 16.8 Å². The number of carbonyl (C=O) groups is 2. The molecule has 5 rings (SSSR count). The number of nitrogens with zero attached hydrogens (tertiary/aromatic N) is 1. The van der Waals surface area contributed by atoms with E-state index in [0.29, 0.717) is 15.8 Å². The predicted molar refractivity (Wildman–Crippen MR) is 158 cm³/mol. The number of anilines is 2. The number of fused-ring (bicyclic) bond motifs is 1. The van der Waals surface area contributed by atoms with E-state index in [2.05, 4.69) is 21.7 Å². The van der Waals surface area contributed by atoms with Crippen molar-refractivity contribution >= 4 is 67.5 Å². The van der Waals surface area contributed by atoms with Gasteiger partial charge in [0.2, 0.25) is 11.8 Å². The second kappa shape index (κ2) is 11.8. The summed E-state index contributed by atoms with van der Waals surface area (Å²) in [7, 11) is 0. The van der Waals surface area contributed by atoms with E-state index in [9.17, 15) is 9.59 Å². The van der Waals surface area contributed by atoms with Crippen molar-refractivity contribution in [1.82, 2.24) is 4.98 Å². The fourth-order valence-electron chi connectivity index (χ4n) is 3.90. The Bertz CT molecular complexity index is 1570. The van der Waals surface area contributed by atoms with Gasteiger partial charge in [0.1, 0.15) is 5.25 Å². The molecule has 2 N–H and O–H groups in total. The van der Waals surface area contributed by atoms with Gasteiger partial charge >= 0.3 is 0 Å². The van der Waals surface area contributed by atoms with Crippen LogP contribution >= 0.6 is 34.7 Å². The molecule has 0 saturated heterocycles. The van der Waals surface area contributed by atoms with Crippen molar-refractivity contribution in [2.45, 2.75) is 23.5 Å². The molecule has 0 aliphatic heterocycles. The van der Waals surface area contributed by atoms with Crippen LogP contribution in [0.2, 0.25) is 5.02 Å². The lowest BCUT2D eigenvalue weighted by atomic mass is 10.1. The minimum absolute atomic E-state index is 0.111. The molecule has 0 radical (unpaired) electrons. The zero-order valence-corrected chi connectivity index (χ0v) is 22.9. The number of thiazole rings is 1. The highest BCUT2D eigenvalue weighted by Crippen LogP contribution is 2.37. The maximum absolute atomic E-state index is 13.4. The van der Waals surface area contributed by atoms with Crippen molar-refractivity contribution in [2.75, 3.05) is 10.6 Å². The molecule has 1 unspecified atom stereocenters. The maximum Gasteiger partial charge on any atom is 0.244 e. The number of rotatable bonds is 8. The standard InChI is InChI=1S/C30H24ClN3O2S2/c1-19-7-16-25-26(17-19)38-30(33-25)34-29(36)28(21-5-3-2-4-6-21)37-24-14-12-23(13-15-24)32-27(35)18-20-8-10-22(31)11-9-20/h2-17,28H,18H2,1H3,(H,32,35)(H,33,34,36). The third kappa shape index (κ3) is 6.61. The summed E-state index contributed by atoms with van der Waals surface area (Å²) in [6.45, 7) is 2.04. The van der Waals surface area contributed by atoms with Crippen LogP contribution in [0.3, 0.4) is 0 Å². The molecule has 38 heavy (non-hydrogen) atoms. The Morgan fingerprint density at radius 2 is 1.66 bits per heavy atom. The molecule has 0 saturated carbocycles. The molecule has 0 fully saturated rings. The zero-order valence-electron chi connectivity index (χ0n) is 20.5. The van der Waals surface area contributed by atoms with Crippen LogP contribution in [-0.2, 0) is 16.0 Å². The van der Waals surface area contributed by atoms with Gasteiger partial charge in [0.05, 0.1) is 16.6 Å². The number of halogens is 1. The smallest absolute Gasteiger partial charge is 0.244 e. The monoisotopic (exact) mass is 557 g/mol. The van der Waals surface area contributed by atoms with Crippen molar-refractivity contribution in [3.05, 3.63) is 119 Å². The van der Waals surface area contributed by atoms with Crippen LogP contribution in [0.4, 0.5) is 10.8 Å².